The van der Waals surface area contributed by atoms with Crippen molar-refractivity contribution in [3.8, 4) is 11.1 Å². The van der Waals surface area contributed by atoms with Crippen molar-refractivity contribution < 1.29 is 23.6 Å². The van der Waals surface area contributed by atoms with Crippen molar-refractivity contribution in [3.63, 3.8) is 0 Å². The van der Waals surface area contributed by atoms with Gasteiger partial charge in [-0.25, -0.2) is 9.59 Å². The summed E-state index contributed by atoms with van der Waals surface area (Å²) < 4.78 is 10.9. The van der Waals surface area contributed by atoms with Crippen molar-refractivity contribution in [2.45, 2.75) is 0 Å². The summed E-state index contributed by atoms with van der Waals surface area (Å²) in [4.78, 5) is 23.7. The van der Waals surface area contributed by atoms with E-state index in [-0.39, 0.29) is 10.6 Å². The van der Waals surface area contributed by atoms with Crippen LogP contribution in [0, 0.1) is 0 Å². The molecule has 23 heavy (non-hydrogen) atoms. The molecule has 0 saturated heterocycles. The highest BCUT2D eigenvalue weighted by Crippen LogP contribution is 2.18. The fourth-order valence-electron chi connectivity index (χ4n) is 2.03. The van der Waals surface area contributed by atoms with Gasteiger partial charge in [0.25, 0.3) is 0 Å². The van der Waals surface area contributed by atoms with Crippen molar-refractivity contribution in [1.29, 1.82) is 0 Å². The van der Waals surface area contributed by atoms with Gasteiger partial charge in [0, 0.05) is 11.6 Å². The molecule has 0 bridgehead atoms. The van der Waals surface area contributed by atoms with E-state index in [1.54, 1.807) is 18.5 Å². The zero-order valence-corrected chi connectivity index (χ0v) is 13.6. The Morgan fingerprint density at radius 1 is 0.913 bits per heavy atom. The molecule has 2 aromatic rings. The van der Waals surface area contributed by atoms with Gasteiger partial charge in [0.15, 0.2) is 17.3 Å². The van der Waals surface area contributed by atoms with Gasteiger partial charge in [-0.05, 0) is 11.6 Å². The number of rotatable bonds is 4. The lowest BCUT2D eigenvalue weighted by Crippen LogP contribution is -2.38. The van der Waals surface area contributed by atoms with Gasteiger partial charge in [0.05, 0.1) is 14.2 Å². The molecule has 118 valence electrons. The molecule has 0 fully saturated rings. The molecular weight excluding hydrogens is 314 g/mol. The summed E-state index contributed by atoms with van der Waals surface area (Å²) in [5.74, 6) is -1.40. The number of benzene rings is 1. The van der Waals surface area contributed by atoms with E-state index < -0.39 is 11.9 Å². The Morgan fingerprint density at radius 2 is 1.52 bits per heavy atom. The zero-order valence-electron chi connectivity index (χ0n) is 12.7. The van der Waals surface area contributed by atoms with Crippen molar-refractivity contribution >= 4 is 30.3 Å². The second-order valence-electron chi connectivity index (χ2n) is 4.55. The first-order valence-electron chi connectivity index (χ1n) is 6.75. The Morgan fingerprint density at radius 3 is 2.13 bits per heavy atom. The molecule has 5 nitrogen and oxygen atoms in total. The van der Waals surface area contributed by atoms with Crippen molar-refractivity contribution in [3.05, 3.63) is 59.8 Å². The molecule has 0 saturated carbocycles. The molecule has 0 radical (unpaired) electrons. The third-order valence-corrected chi connectivity index (χ3v) is 3.54. The first-order valence-corrected chi connectivity index (χ1v) is 7.20. The minimum absolute atomic E-state index is 0.0135. The van der Waals surface area contributed by atoms with Crippen LogP contribution in [0.2, 0.25) is 0 Å². The summed E-state index contributed by atoms with van der Waals surface area (Å²) in [6.45, 7) is 0. The summed E-state index contributed by atoms with van der Waals surface area (Å²) in [6.07, 6.45) is 3.36. The van der Waals surface area contributed by atoms with Crippen LogP contribution < -0.4 is 4.57 Å². The van der Waals surface area contributed by atoms with Gasteiger partial charge in [0.1, 0.15) is 0 Å². The number of hydrogen-bond donors (Lipinski definition) is 1. The number of pyridine rings is 1. The van der Waals surface area contributed by atoms with E-state index in [0.717, 1.165) is 11.1 Å². The van der Waals surface area contributed by atoms with Gasteiger partial charge >= 0.3 is 17.6 Å². The molecule has 0 aliphatic heterocycles. The second kappa shape index (κ2) is 7.60. The van der Waals surface area contributed by atoms with E-state index in [9.17, 15) is 9.59 Å². The average Bonchev–Trinajstić information content (AvgIpc) is 2.61. The first kappa shape index (κ1) is 16.8. The lowest BCUT2D eigenvalue weighted by Gasteiger charge is -2.05. The monoisotopic (exact) mass is 330 g/mol. The van der Waals surface area contributed by atoms with E-state index in [0.29, 0.717) is 0 Å². The fraction of sp³-hybridized carbons (Fsp3) is 0.118. The van der Waals surface area contributed by atoms with Gasteiger partial charge in [-0.1, -0.05) is 30.3 Å². The number of carbonyl (C=O) groups excluding carboxylic acids is 2. The number of ether oxygens (including phenoxy) is 2. The second-order valence-corrected chi connectivity index (χ2v) is 4.99. The van der Waals surface area contributed by atoms with Crippen LogP contribution in [0.1, 0.15) is 0 Å². The summed E-state index contributed by atoms with van der Waals surface area (Å²) in [7, 11) is 2.46. The number of carbonyl (C=O) groups is 2. The van der Waals surface area contributed by atoms with E-state index in [1.807, 2.05) is 36.4 Å². The minimum atomic E-state index is -0.716. The Balaban J connectivity index is 2.57. The predicted molar refractivity (Wildman–Crippen MR) is 88.3 cm³/mol. The van der Waals surface area contributed by atoms with Crippen LogP contribution in [0.4, 0.5) is 0 Å². The third kappa shape index (κ3) is 3.78. The van der Waals surface area contributed by atoms with Gasteiger partial charge in [-0.3, -0.25) is 0 Å². The molecule has 0 atom stereocenters. The van der Waals surface area contributed by atoms with E-state index in [2.05, 4.69) is 17.4 Å². The van der Waals surface area contributed by atoms with Crippen LogP contribution in [0.5, 0.6) is 0 Å². The molecule has 0 spiro atoms. The molecule has 1 heterocycles. The summed E-state index contributed by atoms with van der Waals surface area (Å²) in [6, 6.07) is 13.3. The molecule has 0 aliphatic rings. The highest BCUT2D eigenvalue weighted by molar-refractivity contribution is 7.85. The molecule has 1 aromatic heterocycles. The topological polar surface area (TPSA) is 56.5 Å². The van der Waals surface area contributed by atoms with Gasteiger partial charge in [-0.15, -0.1) is 12.6 Å². The van der Waals surface area contributed by atoms with Crippen LogP contribution in [-0.4, -0.2) is 26.2 Å². The van der Waals surface area contributed by atoms with E-state index >= 15 is 0 Å². The van der Waals surface area contributed by atoms with Crippen molar-refractivity contribution in [2.75, 3.05) is 14.2 Å². The molecule has 0 amide bonds. The highest BCUT2D eigenvalue weighted by atomic mass is 32.1. The molecule has 0 aliphatic carbocycles. The number of hydrogen-bond acceptors (Lipinski definition) is 5. The number of esters is 2. The number of aromatic nitrogens is 1. The van der Waals surface area contributed by atoms with Gasteiger partial charge in [0.2, 0.25) is 0 Å². The Kier molecular flexibility index (Phi) is 5.54. The normalized spacial score (nSPS) is 11.4. The summed E-state index contributed by atoms with van der Waals surface area (Å²) in [5, 5.41) is 0. The quantitative estimate of drug-likeness (QED) is 0.404. The maximum atomic E-state index is 12.1. The molecule has 0 unspecified atom stereocenters. The number of nitrogens with zero attached hydrogens (tertiary/aromatic N) is 1. The molecule has 1 aromatic carbocycles. The fourth-order valence-corrected chi connectivity index (χ4v) is 2.33. The van der Waals surface area contributed by atoms with Crippen LogP contribution in [0.25, 0.3) is 16.8 Å². The number of methoxy groups -OCH3 is 2. The third-order valence-electron chi connectivity index (χ3n) is 3.15. The summed E-state index contributed by atoms with van der Waals surface area (Å²) >= 11 is 4.11. The standard InChI is InChI=1S/C17H15NO4S/c1-21-16(19)14(15(23)17(20)22-2)18-10-6-9-13(11-18)12-7-4-3-5-8-12/h3-11H,1-2H3/p+1. The average molecular weight is 330 g/mol. The van der Waals surface area contributed by atoms with Crippen molar-refractivity contribution in [1.82, 2.24) is 0 Å². The molecule has 6 heteroatoms. The van der Waals surface area contributed by atoms with Crippen LogP contribution in [-0.2, 0) is 19.1 Å². The maximum Gasteiger partial charge on any atom is 0.405 e. The van der Waals surface area contributed by atoms with Gasteiger partial charge < -0.3 is 9.47 Å². The van der Waals surface area contributed by atoms with Crippen LogP contribution in [0.15, 0.2) is 59.8 Å². The lowest BCUT2D eigenvalue weighted by molar-refractivity contribution is -0.578. The van der Waals surface area contributed by atoms with E-state index in [1.165, 1.54) is 18.8 Å². The SMILES string of the molecule is COC(=O)/C(S)=C(\C(=O)OC)[n+]1cccc(-c2ccccc2)c1. The predicted octanol–water partition coefficient (Wildman–Crippen LogP) is 2.09. The molecular formula is C17H16NO4S+. The first-order chi connectivity index (χ1) is 11.1. The number of thiol groups is 1. The van der Waals surface area contributed by atoms with Gasteiger partial charge in [-0.2, -0.15) is 4.57 Å². The highest BCUT2D eigenvalue weighted by Gasteiger charge is 2.29. The lowest BCUT2D eigenvalue weighted by atomic mass is 10.1. The Bertz CT molecular complexity index is 756. The largest absolute Gasteiger partial charge is 0.465 e. The van der Waals surface area contributed by atoms with Crippen molar-refractivity contribution in [2.24, 2.45) is 0 Å². The molecule has 2 rings (SSSR count). The maximum absolute atomic E-state index is 12.1. The smallest absolute Gasteiger partial charge is 0.405 e. The van der Waals surface area contributed by atoms with Crippen LogP contribution in [0.3, 0.4) is 0 Å². The van der Waals surface area contributed by atoms with E-state index in [4.69, 9.17) is 4.74 Å². The molecule has 0 N–H and O–H groups in total. The van der Waals surface area contributed by atoms with Crippen LogP contribution >= 0.6 is 12.6 Å². The Labute approximate surface area is 139 Å². The zero-order chi connectivity index (χ0) is 16.8. The Hall–Kier alpha value is -2.60. The minimum Gasteiger partial charge on any atom is -0.465 e. The summed E-state index contributed by atoms with van der Waals surface area (Å²) in [5.41, 5.74) is 1.84.